The van der Waals surface area contributed by atoms with Gasteiger partial charge in [-0.1, -0.05) is 6.08 Å². The zero-order valence-corrected chi connectivity index (χ0v) is 10.1. The Labute approximate surface area is 105 Å². The van der Waals surface area contributed by atoms with Gasteiger partial charge in [-0.25, -0.2) is 0 Å². The first-order valence-corrected chi connectivity index (χ1v) is 5.72. The van der Waals surface area contributed by atoms with Gasteiger partial charge in [-0.15, -0.1) is 0 Å². The van der Waals surface area contributed by atoms with Crippen molar-refractivity contribution in [1.82, 2.24) is 5.32 Å². The zero-order valence-electron chi connectivity index (χ0n) is 10.1. The summed E-state index contributed by atoms with van der Waals surface area (Å²) in [5.41, 5.74) is 2.78. The van der Waals surface area contributed by atoms with E-state index in [1.54, 1.807) is 13.0 Å². The van der Waals surface area contributed by atoms with Crippen molar-refractivity contribution >= 4 is 11.3 Å². The summed E-state index contributed by atoms with van der Waals surface area (Å²) in [5.74, 6) is 0. The molecule has 1 aromatic carbocycles. The van der Waals surface area contributed by atoms with Crippen LogP contribution < -0.4 is 5.32 Å². The van der Waals surface area contributed by atoms with Gasteiger partial charge in [-0.3, -0.25) is 10.1 Å². The second kappa shape index (κ2) is 4.98. The predicted octanol–water partition coefficient (Wildman–Crippen LogP) is 2.15. The zero-order chi connectivity index (χ0) is 13.1. The highest BCUT2D eigenvalue weighted by Crippen LogP contribution is 2.28. The average molecular weight is 243 g/mol. The first-order chi connectivity index (χ1) is 8.63. The van der Waals surface area contributed by atoms with E-state index in [9.17, 15) is 10.1 Å². The molecule has 2 rings (SSSR count). The van der Waals surface area contributed by atoms with Crippen LogP contribution in [0, 0.1) is 28.4 Å². The van der Waals surface area contributed by atoms with Crippen LogP contribution in [0.1, 0.15) is 23.1 Å². The third-order valence-electron chi connectivity index (χ3n) is 3.03. The summed E-state index contributed by atoms with van der Waals surface area (Å²) < 4.78 is 0. The van der Waals surface area contributed by atoms with Gasteiger partial charge in [0.25, 0.3) is 5.69 Å². The van der Waals surface area contributed by atoms with Crippen LogP contribution in [0.4, 0.5) is 5.69 Å². The van der Waals surface area contributed by atoms with E-state index >= 15 is 0 Å². The van der Waals surface area contributed by atoms with E-state index in [4.69, 9.17) is 5.26 Å². The molecule has 0 fully saturated rings. The highest BCUT2D eigenvalue weighted by molar-refractivity contribution is 5.74. The van der Waals surface area contributed by atoms with Gasteiger partial charge in [0, 0.05) is 18.2 Å². The van der Waals surface area contributed by atoms with Crippen LogP contribution in [0.5, 0.6) is 0 Å². The Bertz CT molecular complexity index is 570. The number of nitriles is 1. The summed E-state index contributed by atoms with van der Waals surface area (Å²) in [6.07, 6.45) is 2.99. The molecule has 1 aromatic rings. The number of hydrogen-bond donors (Lipinski definition) is 1. The molecule has 0 saturated heterocycles. The van der Waals surface area contributed by atoms with E-state index in [0.717, 1.165) is 24.1 Å². The quantitative estimate of drug-likeness (QED) is 0.637. The van der Waals surface area contributed by atoms with Crippen LogP contribution in [0.15, 0.2) is 18.2 Å². The smallest absolute Gasteiger partial charge is 0.273 e. The Hall–Kier alpha value is -2.19. The van der Waals surface area contributed by atoms with Gasteiger partial charge >= 0.3 is 0 Å². The van der Waals surface area contributed by atoms with Crippen LogP contribution in [0.2, 0.25) is 0 Å². The summed E-state index contributed by atoms with van der Waals surface area (Å²) in [5, 5.41) is 23.2. The van der Waals surface area contributed by atoms with Gasteiger partial charge in [-0.05, 0) is 37.1 Å². The van der Waals surface area contributed by atoms with Gasteiger partial charge < -0.3 is 5.32 Å². The molecule has 1 N–H and O–H groups in total. The van der Waals surface area contributed by atoms with Gasteiger partial charge in [0.2, 0.25) is 0 Å². The van der Waals surface area contributed by atoms with Crippen LogP contribution in [0.25, 0.3) is 5.57 Å². The Balaban J connectivity index is 2.55. The molecular formula is C13H13N3O2. The molecule has 0 spiro atoms. The number of nitro benzene ring substituents is 1. The lowest BCUT2D eigenvalue weighted by atomic mass is 9.95. The summed E-state index contributed by atoms with van der Waals surface area (Å²) in [4.78, 5) is 10.4. The van der Waals surface area contributed by atoms with Gasteiger partial charge in [0.15, 0.2) is 0 Å². The minimum atomic E-state index is -0.451. The molecule has 0 amide bonds. The fraction of sp³-hybridized carbons (Fsp3) is 0.308. The number of rotatable bonds is 2. The summed E-state index contributed by atoms with van der Waals surface area (Å²) in [6.45, 7) is 3.32. The SMILES string of the molecule is Cc1cc(C2=CCCNC2)c(C#N)cc1[N+](=O)[O-]. The molecule has 18 heavy (non-hydrogen) atoms. The molecule has 0 unspecified atom stereocenters. The van der Waals surface area contributed by atoms with E-state index < -0.39 is 4.92 Å². The van der Waals surface area contributed by atoms with Gasteiger partial charge in [-0.2, -0.15) is 5.26 Å². The summed E-state index contributed by atoms with van der Waals surface area (Å²) >= 11 is 0. The maximum absolute atomic E-state index is 10.8. The molecule has 92 valence electrons. The number of benzene rings is 1. The van der Waals surface area contributed by atoms with Crippen LogP contribution in [0.3, 0.4) is 0 Å². The van der Waals surface area contributed by atoms with Crippen molar-refractivity contribution in [2.45, 2.75) is 13.3 Å². The molecule has 0 atom stereocenters. The van der Waals surface area contributed by atoms with Crippen molar-refractivity contribution in [3.63, 3.8) is 0 Å². The van der Waals surface area contributed by atoms with Crippen molar-refractivity contribution < 1.29 is 4.92 Å². The molecule has 0 bridgehead atoms. The lowest BCUT2D eigenvalue weighted by molar-refractivity contribution is -0.385. The fourth-order valence-corrected chi connectivity index (χ4v) is 2.10. The molecule has 0 aromatic heterocycles. The third-order valence-corrected chi connectivity index (χ3v) is 3.03. The summed E-state index contributed by atoms with van der Waals surface area (Å²) in [6, 6.07) is 5.14. The topological polar surface area (TPSA) is 79.0 Å². The minimum absolute atomic E-state index is 0.000307. The Morgan fingerprint density at radius 1 is 1.50 bits per heavy atom. The number of nitro groups is 1. The third kappa shape index (κ3) is 2.24. The first-order valence-electron chi connectivity index (χ1n) is 5.72. The Morgan fingerprint density at radius 3 is 2.83 bits per heavy atom. The molecule has 0 aliphatic carbocycles. The van der Waals surface area contributed by atoms with Crippen molar-refractivity contribution in [2.24, 2.45) is 0 Å². The molecule has 1 aliphatic rings. The fourth-order valence-electron chi connectivity index (χ4n) is 2.10. The molecule has 5 heteroatoms. The maximum atomic E-state index is 10.8. The Morgan fingerprint density at radius 2 is 2.28 bits per heavy atom. The monoisotopic (exact) mass is 243 g/mol. The van der Waals surface area contributed by atoms with Crippen LogP contribution in [-0.4, -0.2) is 18.0 Å². The standard InChI is InChI=1S/C13H13N3O2/c1-9-5-12(10-3-2-4-15-8-10)11(7-14)6-13(9)16(17)18/h3,5-6,15H,2,4,8H2,1H3. The second-order valence-electron chi connectivity index (χ2n) is 4.25. The molecule has 0 saturated carbocycles. The predicted molar refractivity (Wildman–Crippen MR) is 68.0 cm³/mol. The van der Waals surface area contributed by atoms with Gasteiger partial charge in [0.05, 0.1) is 10.5 Å². The normalized spacial score (nSPS) is 14.8. The second-order valence-corrected chi connectivity index (χ2v) is 4.25. The highest BCUT2D eigenvalue weighted by Gasteiger charge is 2.17. The molecule has 1 heterocycles. The van der Waals surface area contributed by atoms with Crippen molar-refractivity contribution in [3.8, 4) is 6.07 Å². The van der Waals surface area contributed by atoms with Crippen molar-refractivity contribution in [2.75, 3.05) is 13.1 Å². The molecule has 0 radical (unpaired) electrons. The van der Waals surface area contributed by atoms with E-state index in [-0.39, 0.29) is 5.69 Å². The number of aryl methyl sites for hydroxylation is 1. The molecule has 1 aliphatic heterocycles. The molecular weight excluding hydrogens is 230 g/mol. The van der Waals surface area contributed by atoms with Crippen LogP contribution >= 0.6 is 0 Å². The summed E-state index contributed by atoms with van der Waals surface area (Å²) in [7, 11) is 0. The van der Waals surface area contributed by atoms with E-state index in [1.165, 1.54) is 6.07 Å². The highest BCUT2D eigenvalue weighted by atomic mass is 16.6. The van der Waals surface area contributed by atoms with Crippen LogP contribution in [-0.2, 0) is 0 Å². The Kier molecular flexibility index (Phi) is 3.40. The van der Waals surface area contributed by atoms with E-state index in [2.05, 4.69) is 11.4 Å². The first kappa shape index (κ1) is 12.3. The lowest BCUT2D eigenvalue weighted by Gasteiger charge is -2.16. The minimum Gasteiger partial charge on any atom is -0.312 e. The van der Waals surface area contributed by atoms with Crippen molar-refractivity contribution in [3.05, 3.63) is 45.0 Å². The maximum Gasteiger partial charge on any atom is 0.273 e. The number of nitrogens with zero attached hydrogens (tertiary/aromatic N) is 2. The van der Waals surface area contributed by atoms with Gasteiger partial charge in [0.1, 0.15) is 6.07 Å². The average Bonchev–Trinajstić information content (AvgIpc) is 2.39. The number of nitrogens with one attached hydrogen (secondary N) is 1. The van der Waals surface area contributed by atoms with E-state index in [1.807, 2.05) is 6.07 Å². The van der Waals surface area contributed by atoms with E-state index in [0.29, 0.717) is 17.7 Å². The largest absolute Gasteiger partial charge is 0.312 e. The lowest BCUT2D eigenvalue weighted by Crippen LogP contribution is -2.21. The number of hydrogen-bond acceptors (Lipinski definition) is 4. The molecule has 5 nitrogen and oxygen atoms in total. The van der Waals surface area contributed by atoms with Crippen molar-refractivity contribution in [1.29, 1.82) is 5.26 Å².